The first-order valence-corrected chi connectivity index (χ1v) is 10.8. The smallest absolute Gasteiger partial charge is 0.245 e. The number of carbonyl (C=O) groups is 2. The molecule has 4 rings (SSSR count). The van der Waals surface area contributed by atoms with E-state index in [0.717, 1.165) is 37.0 Å². The van der Waals surface area contributed by atoms with Gasteiger partial charge in [-0.1, -0.05) is 27.7 Å². The van der Waals surface area contributed by atoms with Gasteiger partial charge in [0.15, 0.2) is 0 Å². The zero-order valence-corrected chi connectivity index (χ0v) is 17.9. The molecule has 0 radical (unpaired) electrons. The van der Waals surface area contributed by atoms with Gasteiger partial charge in [-0.2, -0.15) is 0 Å². The van der Waals surface area contributed by atoms with Crippen molar-refractivity contribution in [3.05, 3.63) is 0 Å². The Morgan fingerprint density at radius 1 is 1.11 bits per heavy atom. The normalized spacial score (nSPS) is 33.2. The van der Waals surface area contributed by atoms with Crippen molar-refractivity contribution < 1.29 is 9.59 Å². The molecule has 1 unspecified atom stereocenters. The molecule has 5 heteroatoms. The minimum absolute atomic E-state index is 0.00426. The standard InChI is InChI=1S/C22H39N3O2/c1-14(2)18(19(26)25(5)13-21(3,4)12-23)24-20(27)22-9-15-6-16(10-22)8-17(7-15)11-22/h14-18H,6-13,23H2,1-5H3,(H,24,27). The number of nitrogens with two attached hydrogens (primary N) is 1. The predicted molar refractivity (Wildman–Crippen MR) is 108 cm³/mol. The lowest BCUT2D eigenvalue weighted by Crippen LogP contribution is -2.59. The Balaban J connectivity index is 1.69. The van der Waals surface area contributed by atoms with E-state index in [0.29, 0.717) is 13.1 Å². The van der Waals surface area contributed by atoms with Gasteiger partial charge in [-0.25, -0.2) is 0 Å². The number of likely N-dealkylation sites (N-methyl/N-ethyl adjacent to an activating group) is 1. The second kappa shape index (κ2) is 7.38. The minimum atomic E-state index is -0.455. The van der Waals surface area contributed by atoms with Crippen LogP contribution >= 0.6 is 0 Å². The van der Waals surface area contributed by atoms with Crippen LogP contribution < -0.4 is 11.1 Å². The lowest BCUT2D eigenvalue weighted by molar-refractivity contribution is -0.150. The Kier molecular flexibility index (Phi) is 5.64. The highest BCUT2D eigenvalue weighted by molar-refractivity contribution is 5.90. The van der Waals surface area contributed by atoms with Gasteiger partial charge in [-0.15, -0.1) is 0 Å². The van der Waals surface area contributed by atoms with E-state index in [-0.39, 0.29) is 28.6 Å². The first-order chi connectivity index (χ1) is 12.5. The summed E-state index contributed by atoms with van der Waals surface area (Å²) in [6.45, 7) is 9.29. The molecule has 5 nitrogen and oxygen atoms in total. The van der Waals surface area contributed by atoms with Gasteiger partial charge < -0.3 is 16.0 Å². The molecule has 3 N–H and O–H groups in total. The summed E-state index contributed by atoms with van der Waals surface area (Å²) >= 11 is 0. The number of hydrogen-bond acceptors (Lipinski definition) is 3. The Morgan fingerprint density at radius 2 is 1.59 bits per heavy atom. The summed E-state index contributed by atoms with van der Waals surface area (Å²) in [5, 5.41) is 3.20. The average molecular weight is 378 g/mol. The summed E-state index contributed by atoms with van der Waals surface area (Å²) < 4.78 is 0. The lowest BCUT2D eigenvalue weighted by Gasteiger charge is -2.56. The van der Waals surface area contributed by atoms with Crippen molar-refractivity contribution >= 4 is 11.8 Å². The molecule has 4 aliphatic carbocycles. The van der Waals surface area contributed by atoms with E-state index < -0.39 is 6.04 Å². The van der Waals surface area contributed by atoms with Crippen molar-refractivity contribution in [1.29, 1.82) is 0 Å². The molecule has 27 heavy (non-hydrogen) atoms. The van der Waals surface area contributed by atoms with Gasteiger partial charge in [-0.05, 0) is 74.2 Å². The second-order valence-corrected chi connectivity index (χ2v) is 11.0. The molecule has 0 aromatic carbocycles. The van der Waals surface area contributed by atoms with Crippen LogP contribution in [-0.4, -0.2) is 42.9 Å². The summed E-state index contributed by atoms with van der Waals surface area (Å²) in [5.41, 5.74) is 5.49. The summed E-state index contributed by atoms with van der Waals surface area (Å²) in [5.74, 6) is 2.39. The fourth-order valence-electron chi connectivity index (χ4n) is 6.22. The molecule has 1 atom stereocenters. The van der Waals surface area contributed by atoms with Crippen molar-refractivity contribution in [1.82, 2.24) is 10.2 Å². The van der Waals surface area contributed by atoms with Crippen LogP contribution in [0.25, 0.3) is 0 Å². The van der Waals surface area contributed by atoms with Gasteiger partial charge in [0.25, 0.3) is 0 Å². The van der Waals surface area contributed by atoms with E-state index in [1.165, 1.54) is 19.3 Å². The van der Waals surface area contributed by atoms with Crippen LogP contribution in [0, 0.1) is 34.5 Å². The number of hydrogen-bond donors (Lipinski definition) is 2. The highest BCUT2D eigenvalue weighted by Gasteiger charge is 2.55. The molecular weight excluding hydrogens is 338 g/mol. The van der Waals surface area contributed by atoms with E-state index >= 15 is 0 Å². The van der Waals surface area contributed by atoms with E-state index in [4.69, 9.17) is 5.73 Å². The fourth-order valence-corrected chi connectivity index (χ4v) is 6.22. The summed E-state index contributed by atoms with van der Waals surface area (Å²) in [7, 11) is 1.83. The molecule has 4 bridgehead atoms. The number of nitrogens with zero attached hydrogens (tertiary/aromatic N) is 1. The van der Waals surface area contributed by atoms with E-state index in [2.05, 4.69) is 19.2 Å². The highest BCUT2D eigenvalue weighted by atomic mass is 16.2. The molecule has 4 aliphatic rings. The van der Waals surface area contributed by atoms with Gasteiger partial charge in [0.1, 0.15) is 6.04 Å². The third kappa shape index (κ3) is 4.18. The van der Waals surface area contributed by atoms with Crippen molar-refractivity contribution in [3.63, 3.8) is 0 Å². The molecule has 4 saturated carbocycles. The van der Waals surface area contributed by atoms with Gasteiger partial charge in [0.2, 0.25) is 11.8 Å². The maximum Gasteiger partial charge on any atom is 0.245 e. The van der Waals surface area contributed by atoms with Crippen LogP contribution in [0.15, 0.2) is 0 Å². The van der Waals surface area contributed by atoms with Crippen molar-refractivity contribution in [2.75, 3.05) is 20.1 Å². The molecule has 0 aliphatic heterocycles. The second-order valence-electron chi connectivity index (χ2n) is 11.0. The predicted octanol–water partition coefficient (Wildman–Crippen LogP) is 2.79. The molecule has 4 fully saturated rings. The van der Waals surface area contributed by atoms with E-state index in [9.17, 15) is 9.59 Å². The largest absolute Gasteiger partial charge is 0.344 e. The number of nitrogens with one attached hydrogen (secondary N) is 1. The van der Waals surface area contributed by atoms with Gasteiger partial charge in [0.05, 0.1) is 0 Å². The Labute approximate surface area is 164 Å². The van der Waals surface area contributed by atoms with Gasteiger partial charge in [-0.3, -0.25) is 9.59 Å². The Morgan fingerprint density at radius 3 is 2.00 bits per heavy atom. The molecule has 0 aromatic rings. The third-order valence-electron chi connectivity index (χ3n) is 7.33. The van der Waals surface area contributed by atoms with Crippen molar-refractivity contribution in [3.8, 4) is 0 Å². The zero-order chi connectivity index (χ0) is 20.0. The van der Waals surface area contributed by atoms with Crippen LogP contribution in [0.4, 0.5) is 0 Å². The van der Waals surface area contributed by atoms with Crippen LogP contribution in [-0.2, 0) is 9.59 Å². The third-order valence-corrected chi connectivity index (χ3v) is 7.33. The van der Waals surface area contributed by atoms with Crippen molar-refractivity contribution in [2.45, 2.75) is 72.3 Å². The maximum atomic E-state index is 13.4. The minimum Gasteiger partial charge on any atom is -0.344 e. The molecule has 0 saturated heterocycles. The summed E-state index contributed by atoms with van der Waals surface area (Å²) in [4.78, 5) is 28.2. The summed E-state index contributed by atoms with van der Waals surface area (Å²) in [6, 6.07) is -0.455. The molecule has 0 heterocycles. The fraction of sp³-hybridized carbons (Fsp3) is 0.909. The van der Waals surface area contributed by atoms with Gasteiger partial charge >= 0.3 is 0 Å². The van der Waals surface area contributed by atoms with Crippen LogP contribution in [0.5, 0.6) is 0 Å². The zero-order valence-electron chi connectivity index (χ0n) is 17.9. The first-order valence-electron chi connectivity index (χ1n) is 10.8. The summed E-state index contributed by atoms with van der Waals surface area (Å²) in [6.07, 6.45) is 7.03. The van der Waals surface area contributed by atoms with E-state index in [1.807, 2.05) is 20.9 Å². The molecule has 0 spiro atoms. The topological polar surface area (TPSA) is 75.4 Å². The molecule has 2 amide bonds. The quantitative estimate of drug-likeness (QED) is 0.716. The first kappa shape index (κ1) is 20.6. The van der Waals surface area contributed by atoms with Crippen LogP contribution in [0.2, 0.25) is 0 Å². The number of carbonyl (C=O) groups excluding carboxylic acids is 2. The van der Waals surface area contributed by atoms with Gasteiger partial charge in [0, 0.05) is 19.0 Å². The molecular formula is C22H39N3O2. The van der Waals surface area contributed by atoms with Crippen LogP contribution in [0.1, 0.15) is 66.2 Å². The highest BCUT2D eigenvalue weighted by Crippen LogP contribution is 2.60. The van der Waals surface area contributed by atoms with E-state index in [1.54, 1.807) is 4.90 Å². The van der Waals surface area contributed by atoms with Crippen molar-refractivity contribution in [2.24, 2.45) is 40.2 Å². The van der Waals surface area contributed by atoms with Crippen LogP contribution in [0.3, 0.4) is 0 Å². The lowest BCUT2D eigenvalue weighted by atomic mass is 9.49. The number of rotatable bonds is 7. The maximum absolute atomic E-state index is 13.4. The number of amides is 2. The average Bonchev–Trinajstić information content (AvgIpc) is 2.57. The molecule has 154 valence electrons. The SMILES string of the molecule is CC(C)C(NC(=O)C12CC3CC(CC(C3)C1)C2)C(=O)N(C)CC(C)(C)CN. The Hall–Kier alpha value is -1.10. The Bertz CT molecular complexity index is 549. The molecule has 0 aromatic heterocycles. The monoisotopic (exact) mass is 377 g/mol.